The van der Waals surface area contributed by atoms with Crippen LogP contribution in [0, 0.1) is 29.5 Å². The molecular weight excluding hydrogens is 403 g/mol. The van der Waals surface area contributed by atoms with Crippen LogP contribution in [-0.2, 0) is 9.53 Å². The maximum absolute atomic E-state index is 13.0. The summed E-state index contributed by atoms with van der Waals surface area (Å²) in [6.45, 7) is 5.70. The molecule has 172 valence electrons. The minimum absolute atomic E-state index is 0.0940. The molecule has 1 aliphatic heterocycles. The molecule has 2 N–H and O–H groups in total. The first-order valence-corrected chi connectivity index (χ1v) is 11.7. The lowest BCUT2D eigenvalue weighted by Gasteiger charge is -2.40. The molecule has 4 unspecified atom stereocenters. The number of nitrogens with zero attached hydrogens (tertiary/aromatic N) is 1. The summed E-state index contributed by atoms with van der Waals surface area (Å²) in [5, 5.41) is 0. The molecule has 0 spiro atoms. The van der Waals surface area contributed by atoms with Crippen LogP contribution in [0.1, 0.15) is 51.1 Å². The second-order valence-electron chi connectivity index (χ2n) is 8.87. The van der Waals surface area contributed by atoms with Gasteiger partial charge in [-0.05, 0) is 68.5 Å². The summed E-state index contributed by atoms with van der Waals surface area (Å²) >= 11 is 0. The zero-order valence-electron chi connectivity index (χ0n) is 19.2. The van der Waals surface area contributed by atoms with Gasteiger partial charge in [0.25, 0.3) is 0 Å². The Morgan fingerprint density at radius 1 is 1.09 bits per heavy atom. The number of carbonyl (C=O) groups is 1. The first kappa shape index (κ1) is 24.1. The van der Waals surface area contributed by atoms with Crippen molar-refractivity contribution >= 4 is 12.0 Å². The van der Waals surface area contributed by atoms with Gasteiger partial charge in [-0.2, -0.15) is 0 Å². The van der Waals surface area contributed by atoms with Crippen molar-refractivity contribution < 1.29 is 13.9 Å². The Bertz CT molecular complexity index is 899. The van der Waals surface area contributed by atoms with E-state index in [1.165, 1.54) is 51.3 Å². The van der Waals surface area contributed by atoms with Crippen molar-refractivity contribution in [2.75, 3.05) is 7.05 Å². The summed E-state index contributed by atoms with van der Waals surface area (Å²) in [4.78, 5) is 15.8. The highest BCUT2D eigenvalue weighted by Crippen LogP contribution is 2.49. The predicted molar refractivity (Wildman–Crippen MR) is 127 cm³/mol. The lowest BCUT2D eigenvalue weighted by molar-refractivity contribution is -0.144. The lowest BCUT2D eigenvalue weighted by atomic mass is 9.63. The molecule has 1 saturated heterocycles. The number of fused-ring (bicyclic) bond motifs is 2. The highest BCUT2D eigenvalue weighted by Gasteiger charge is 2.49. The second-order valence-corrected chi connectivity index (χ2v) is 8.87. The van der Waals surface area contributed by atoms with Crippen LogP contribution in [0.25, 0.3) is 17.2 Å². The van der Waals surface area contributed by atoms with Gasteiger partial charge >= 0.3 is 5.97 Å². The molecule has 2 aromatic rings. The van der Waals surface area contributed by atoms with Gasteiger partial charge in [0.2, 0.25) is 0 Å². The van der Waals surface area contributed by atoms with E-state index in [4.69, 9.17) is 4.74 Å². The van der Waals surface area contributed by atoms with Gasteiger partial charge in [0.1, 0.15) is 11.9 Å². The lowest BCUT2D eigenvalue weighted by Crippen LogP contribution is -2.35. The van der Waals surface area contributed by atoms with E-state index in [2.05, 4.69) is 24.2 Å². The predicted octanol–water partition coefficient (Wildman–Crippen LogP) is 5.87. The third-order valence-electron chi connectivity index (χ3n) is 7.08. The van der Waals surface area contributed by atoms with Gasteiger partial charge in [0.05, 0.1) is 11.6 Å². The van der Waals surface area contributed by atoms with Crippen LogP contribution in [0.5, 0.6) is 0 Å². The molecule has 2 aliphatic carbocycles. The van der Waals surface area contributed by atoms with Crippen molar-refractivity contribution in [3.63, 3.8) is 0 Å². The second kappa shape index (κ2) is 11.4. The summed E-state index contributed by atoms with van der Waals surface area (Å²) in [5.74, 6) is 2.38. The van der Waals surface area contributed by atoms with Crippen LogP contribution < -0.4 is 5.73 Å². The highest BCUT2D eigenvalue weighted by molar-refractivity contribution is 5.75. The first-order valence-electron chi connectivity index (χ1n) is 11.7. The van der Waals surface area contributed by atoms with Gasteiger partial charge in [-0.25, -0.2) is 4.39 Å². The summed E-state index contributed by atoms with van der Waals surface area (Å²) in [6.07, 6.45) is 11.5. The molecule has 1 aromatic heterocycles. The van der Waals surface area contributed by atoms with Gasteiger partial charge in [0, 0.05) is 17.7 Å². The number of hydrogen-bond acceptors (Lipinski definition) is 4. The fraction of sp³-hybridized carbons (Fsp3) is 0.481. The van der Waals surface area contributed by atoms with Crippen LogP contribution >= 0.6 is 0 Å². The zero-order valence-corrected chi connectivity index (χ0v) is 19.2. The number of pyridine rings is 1. The highest BCUT2D eigenvalue weighted by atomic mass is 19.1. The number of carbonyl (C=O) groups excluding carboxylic acids is 1. The normalized spacial score (nSPS) is 28.0. The van der Waals surface area contributed by atoms with Crippen LogP contribution in [0.15, 0.2) is 49.2 Å². The van der Waals surface area contributed by atoms with E-state index in [9.17, 15) is 9.18 Å². The molecule has 2 heterocycles. The number of benzene rings is 1. The number of nitrogens with two attached hydrogens (primary N) is 1. The van der Waals surface area contributed by atoms with Crippen LogP contribution in [0.3, 0.4) is 0 Å². The Labute approximate surface area is 191 Å². The van der Waals surface area contributed by atoms with Crippen molar-refractivity contribution in [3.8, 4) is 11.1 Å². The van der Waals surface area contributed by atoms with Crippen molar-refractivity contribution in [2.24, 2.45) is 29.4 Å². The van der Waals surface area contributed by atoms with Crippen molar-refractivity contribution in [3.05, 3.63) is 60.7 Å². The maximum Gasteiger partial charge on any atom is 0.309 e. The van der Waals surface area contributed by atoms with Gasteiger partial charge in [-0.1, -0.05) is 50.5 Å². The standard InChI is InChI=1S/C13H10FN.C13H20O2.CH5N/c1-2-13-7-6-11(9-15-13)10-4-3-5-12(14)8-10;1-8-11-6-9-4-2-3-5-10(9)7-12(11)13(14)15-8;1-2/h2-9H,1H2;8-12H,2-7H2,1H3;2H2,1H3/t;8?,9-,10?,11?,12?;/m.0./s1. The molecule has 5 rings (SSSR count). The van der Waals surface area contributed by atoms with E-state index in [1.54, 1.807) is 18.3 Å². The van der Waals surface area contributed by atoms with Crippen molar-refractivity contribution in [1.82, 2.24) is 4.98 Å². The summed E-state index contributed by atoms with van der Waals surface area (Å²) in [7, 11) is 1.50. The Hall–Kier alpha value is -2.53. The molecule has 1 aromatic carbocycles. The van der Waals surface area contributed by atoms with E-state index in [-0.39, 0.29) is 23.8 Å². The fourth-order valence-electron chi connectivity index (χ4n) is 5.43. The molecular formula is C27H35FN2O2. The smallest absolute Gasteiger partial charge is 0.309 e. The Morgan fingerprint density at radius 3 is 2.44 bits per heavy atom. The molecule has 5 atom stereocenters. The topological polar surface area (TPSA) is 65.2 Å². The van der Waals surface area contributed by atoms with Crippen molar-refractivity contribution in [1.29, 1.82) is 0 Å². The molecule has 5 heteroatoms. The third-order valence-corrected chi connectivity index (χ3v) is 7.08. The molecule has 4 nitrogen and oxygen atoms in total. The fourth-order valence-corrected chi connectivity index (χ4v) is 5.43. The van der Waals surface area contributed by atoms with E-state index in [0.717, 1.165) is 35.1 Å². The van der Waals surface area contributed by atoms with Gasteiger partial charge in [0.15, 0.2) is 0 Å². The molecule has 2 saturated carbocycles. The molecule has 0 bridgehead atoms. The number of hydrogen-bond donors (Lipinski definition) is 1. The van der Waals surface area contributed by atoms with Gasteiger partial charge < -0.3 is 10.5 Å². The number of ether oxygens (including phenoxy) is 1. The van der Waals surface area contributed by atoms with E-state index in [1.807, 2.05) is 18.2 Å². The Morgan fingerprint density at radius 2 is 1.81 bits per heavy atom. The van der Waals surface area contributed by atoms with Crippen LogP contribution in [0.4, 0.5) is 4.39 Å². The number of esters is 1. The average Bonchev–Trinajstić information content (AvgIpc) is 3.12. The van der Waals surface area contributed by atoms with Gasteiger partial charge in [-0.15, -0.1) is 0 Å². The largest absolute Gasteiger partial charge is 0.462 e. The maximum atomic E-state index is 13.0. The molecule has 3 aliphatic rings. The number of halogens is 1. The monoisotopic (exact) mass is 438 g/mol. The Balaban J connectivity index is 0.000000168. The van der Waals surface area contributed by atoms with Crippen molar-refractivity contribution in [2.45, 2.75) is 51.6 Å². The zero-order chi connectivity index (χ0) is 23.1. The van der Waals surface area contributed by atoms with Gasteiger partial charge in [-0.3, -0.25) is 9.78 Å². The molecule has 32 heavy (non-hydrogen) atoms. The summed E-state index contributed by atoms with van der Waals surface area (Å²) in [6, 6.07) is 10.2. The van der Waals surface area contributed by atoms with E-state index in [0.29, 0.717) is 5.92 Å². The molecule has 0 amide bonds. The number of cyclic esters (lactones) is 1. The SMILES string of the molecule is C=Cc1ccc(-c2cccc(F)c2)cn1.CC1OC(=O)C2CC3CCCC[C@H]3CC12.CN. The molecule has 0 radical (unpaired) electrons. The third kappa shape index (κ3) is 5.63. The molecule has 3 fully saturated rings. The summed E-state index contributed by atoms with van der Waals surface area (Å²) < 4.78 is 18.3. The van der Waals surface area contributed by atoms with Crippen LogP contribution in [0.2, 0.25) is 0 Å². The van der Waals surface area contributed by atoms with E-state index < -0.39 is 0 Å². The minimum Gasteiger partial charge on any atom is -0.462 e. The minimum atomic E-state index is -0.236. The number of aromatic nitrogens is 1. The van der Waals surface area contributed by atoms with E-state index >= 15 is 0 Å². The number of rotatable bonds is 2. The first-order chi connectivity index (χ1) is 15.5. The Kier molecular flexibility index (Phi) is 8.57. The average molecular weight is 439 g/mol. The quantitative estimate of drug-likeness (QED) is 0.596. The van der Waals surface area contributed by atoms with Crippen LogP contribution in [-0.4, -0.2) is 24.1 Å². The summed E-state index contributed by atoms with van der Waals surface area (Å²) in [5.41, 5.74) is 7.05.